The number of fused-ring (bicyclic) bond motifs is 3. The van der Waals surface area contributed by atoms with Gasteiger partial charge in [0.05, 0.1) is 0 Å². The van der Waals surface area contributed by atoms with Crippen molar-refractivity contribution in [2.24, 2.45) is 0 Å². The molecule has 0 heterocycles. The Balaban J connectivity index is 2.46. The molecule has 0 radical (unpaired) electrons. The summed E-state index contributed by atoms with van der Waals surface area (Å²) in [6.07, 6.45) is -1.98. The fourth-order valence-corrected chi connectivity index (χ4v) is 2.40. The molecule has 3 aromatic carbocycles. The molecule has 0 aliphatic heterocycles. The van der Waals surface area contributed by atoms with Crippen LogP contribution in [0.3, 0.4) is 0 Å². The van der Waals surface area contributed by atoms with E-state index < -0.39 is 12.1 Å². The summed E-state index contributed by atoms with van der Waals surface area (Å²) in [4.78, 5) is 11.9. The van der Waals surface area contributed by atoms with Gasteiger partial charge in [-0.3, -0.25) is 4.79 Å². The monoisotopic (exact) mass is 252 g/mol. The van der Waals surface area contributed by atoms with Crippen LogP contribution in [0.4, 0.5) is 0 Å². The Morgan fingerprint density at radius 2 is 1.42 bits per heavy atom. The average molecular weight is 252 g/mol. The maximum Gasteiger partial charge on any atom is 0.219 e. The van der Waals surface area contributed by atoms with Gasteiger partial charge < -0.3 is 10.2 Å². The molecular formula is C16H12O3. The first kappa shape index (κ1) is 11.8. The predicted molar refractivity (Wildman–Crippen MR) is 74.0 cm³/mol. The van der Waals surface area contributed by atoms with Crippen LogP contribution in [-0.2, 0) is 0 Å². The smallest absolute Gasteiger partial charge is 0.219 e. The van der Waals surface area contributed by atoms with Gasteiger partial charge in [-0.05, 0) is 27.6 Å². The summed E-state index contributed by atoms with van der Waals surface area (Å²) in [5.41, 5.74) is 0.337. The van der Waals surface area contributed by atoms with Gasteiger partial charge in [-0.25, -0.2) is 0 Å². The van der Waals surface area contributed by atoms with Crippen molar-refractivity contribution in [1.29, 1.82) is 0 Å². The highest BCUT2D eigenvalue weighted by atomic mass is 16.5. The number of benzene rings is 3. The molecule has 0 saturated carbocycles. The molecule has 0 aromatic heterocycles. The van der Waals surface area contributed by atoms with Crippen LogP contribution in [0.25, 0.3) is 21.5 Å². The number of aliphatic hydroxyl groups excluding tert-OH is 1. The minimum Gasteiger partial charge on any atom is -0.362 e. The summed E-state index contributed by atoms with van der Waals surface area (Å²) in [5, 5.41) is 21.8. The van der Waals surface area contributed by atoms with Gasteiger partial charge in [0.1, 0.15) is 0 Å². The molecule has 0 atom stereocenters. The van der Waals surface area contributed by atoms with Crippen molar-refractivity contribution in [2.75, 3.05) is 0 Å². The Morgan fingerprint density at radius 1 is 0.842 bits per heavy atom. The summed E-state index contributed by atoms with van der Waals surface area (Å²) in [6.45, 7) is 0. The molecule has 3 aromatic rings. The highest BCUT2D eigenvalue weighted by Crippen LogP contribution is 2.29. The zero-order valence-electron chi connectivity index (χ0n) is 10.1. The van der Waals surface area contributed by atoms with Crippen LogP contribution < -0.4 is 0 Å². The molecule has 0 spiro atoms. The fourth-order valence-electron chi connectivity index (χ4n) is 2.40. The summed E-state index contributed by atoms with van der Waals surface area (Å²) in [5.74, 6) is -0.679. The Labute approximate surface area is 109 Å². The molecule has 94 valence electrons. The van der Waals surface area contributed by atoms with Crippen LogP contribution in [-0.4, -0.2) is 22.3 Å². The molecular weight excluding hydrogens is 240 g/mol. The van der Waals surface area contributed by atoms with Gasteiger partial charge in [0.2, 0.25) is 12.1 Å². The highest BCUT2D eigenvalue weighted by molar-refractivity contribution is 6.18. The second-order valence-electron chi connectivity index (χ2n) is 4.43. The van der Waals surface area contributed by atoms with Crippen LogP contribution in [0, 0.1) is 0 Å². The molecule has 3 nitrogen and oxygen atoms in total. The van der Waals surface area contributed by atoms with Gasteiger partial charge in [0.15, 0.2) is 0 Å². The van der Waals surface area contributed by atoms with E-state index in [0.29, 0.717) is 5.56 Å². The fraction of sp³-hybridized carbons (Fsp3) is 0.0625. The van der Waals surface area contributed by atoms with Gasteiger partial charge in [-0.2, -0.15) is 0 Å². The number of carbonyl (C=O) groups excluding carboxylic acids is 1. The lowest BCUT2D eigenvalue weighted by Crippen LogP contribution is -2.19. The molecule has 0 amide bonds. The third-order valence-corrected chi connectivity index (χ3v) is 3.27. The zero-order chi connectivity index (χ0) is 13.4. The molecule has 0 fully saturated rings. The lowest BCUT2D eigenvalue weighted by molar-refractivity contribution is -0.0193. The number of hydrogen-bond acceptors (Lipinski definition) is 3. The van der Waals surface area contributed by atoms with E-state index in [-0.39, 0.29) is 0 Å². The molecule has 3 rings (SSSR count). The zero-order valence-corrected chi connectivity index (χ0v) is 10.1. The maximum atomic E-state index is 11.9. The summed E-state index contributed by atoms with van der Waals surface area (Å²) in [6, 6.07) is 16.9. The first-order chi connectivity index (χ1) is 9.18. The molecule has 19 heavy (non-hydrogen) atoms. The summed E-state index contributed by atoms with van der Waals surface area (Å²) in [7, 11) is 0. The first-order valence-electron chi connectivity index (χ1n) is 5.99. The van der Waals surface area contributed by atoms with E-state index in [4.69, 9.17) is 10.2 Å². The van der Waals surface area contributed by atoms with E-state index in [1.807, 2.05) is 48.5 Å². The van der Waals surface area contributed by atoms with Gasteiger partial charge in [-0.15, -0.1) is 0 Å². The lowest BCUT2D eigenvalue weighted by Gasteiger charge is -2.10. The van der Waals surface area contributed by atoms with Crippen molar-refractivity contribution < 1.29 is 15.0 Å². The number of rotatable bonds is 2. The van der Waals surface area contributed by atoms with E-state index in [2.05, 4.69) is 0 Å². The van der Waals surface area contributed by atoms with Crippen LogP contribution in [0.5, 0.6) is 0 Å². The lowest BCUT2D eigenvalue weighted by atomic mass is 9.95. The van der Waals surface area contributed by atoms with Crippen molar-refractivity contribution in [3.8, 4) is 0 Å². The standard InChI is InChI=1S/C16H12O3/c17-15(16(18)19)14-9-10-5-1-2-6-11(10)12-7-3-4-8-13(12)14/h1-9,16,18-19H. The third-order valence-electron chi connectivity index (χ3n) is 3.27. The van der Waals surface area contributed by atoms with Crippen LogP contribution in [0.15, 0.2) is 54.6 Å². The SMILES string of the molecule is O=C(c1cc2ccccc2c2ccccc12)C(O)O. The number of carbonyl (C=O) groups is 1. The van der Waals surface area contributed by atoms with Gasteiger partial charge in [-0.1, -0.05) is 48.5 Å². The Bertz CT molecular complexity index is 775. The molecule has 0 saturated heterocycles. The normalized spacial score (nSPS) is 11.3. The van der Waals surface area contributed by atoms with E-state index in [9.17, 15) is 4.79 Å². The van der Waals surface area contributed by atoms with Crippen LogP contribution in [0.2, 0.25) is 0 Å². The number of ketones is 1. The van der Waals surface area contributed by atoms with Crippen molar-refractivity contribution in [3.63, 3.8) is 0 Å². The van der Waals surface area contributed by atoms with Crippen molar-refractivity contribution in [2.45, 2.75) is 6.29 Å². The topological polar surface area (TPSA) is 57.5 Å². The van der Waals surface area contributed by atoms with E-state index in [1.165, 1.54) is 0 Å². The molecule has 0 unspecified atom stereocenters. The largest absolute Gasteiger partial charge is 0.362 e. The third kappa shape index (κ3) is 1.89. The minimum atomic E-state index is -1.98. The molecule has 0 bridgehead atoms. The summed E-state index contributed by atoms with van der Waals surface area (Å²) >= 11 is 0. The Kier molecular flexibility index (Phi) is 2.78. The Morgan fingerprint density at radius 3 is 2.11 bits per heavy atom. The van der Waals surface area contributed by atoms with Gasteiger partial charge in [0.25, 0.3) is 0 Å². The molecule has 0 aliphatic carbocycles. The number of hydrogen-bond donors (Lipinski definition) is 2. The van der Waals surface area contributed by atoms with Gasteiger partial charge in [0, 0.05) is 5.56 Å². The minimum absolute atomic E-state index is 0.337. The second kappa shape index (κ2) is 4.46. The summed E-state index contributed by atoms with van der Waals surface area (Å²) < 4.78 is 0. The van der Waals surface area contributed by atoms with Crippen LogP contribution in [0.1, 0.15) is 10.4 Å². The van der Waals surface area contributed by atoms with Crippen LogP contribution >= 0.6 is 0 Å². The Hall–Kier alpha value is -2.23. The molecule has 2 N–H and O–H groups in total. The number of Topliss-reactive ketones (excluding diaryl/α,β-unsaturated/α-hetero) is 1. The van der Waals surface area contributed by atoms with Crippen molar-refractivity contribution >= 4 is 27.3 Å². The van der Waals surface area contributed by atoms with E-state index >= 15 is 0 Å². The highest BCUT2D eigenvalue weighted by Gasteiger charge is 2.17. The maximum absolute atomic E-state index is 11.9. The second-order valence-corrected chi connectivity index (χ2v) is 4.43. The quantitative estimate of drug-likeness (QED) is 0.418. The number of aliphatic hydroxyl groups is 2. The molecule has 3 heteroatoms. The van der Waals surface area contributed by atoms with E-state index in [0.717, 1.165) is 21.5 Å². The van der Waals surface area contributed by atoms with Gasteiger partial charge >= 0.3 is 0 Å². The van der Waals surface area contributed by atoms with Crippen molar-refractivity contribution in [1.82, 2.24) is 0 Å². The van der Waals surface area contributed by atoms with Crippen molar-refractivity contribution in [3.05, 3.63) is 60.2 Å². The van der Waals surface area contributed by atoms with E-state index in [1.54, 1.807) is 6.07 Å². The molecule has 0 aliphatic rings. The average Bonchev–Trinajstić information content (AvgIpc) is 2.45. The first-order valence-corrected chi connectivity index (χ1v) is 5.99. The predicted octanol–water partition coefficient (Wildman–Crippen LogP) is 2.49.